The maximum atomic E-state index is 10.6. The Balaban J connectivity index is 3.00. The molecule has 4 nitrogen and oxygen atoms in total. The predicted octanol–water partition coefficient (Wildman–Crippen LogP) is 1.48. The summed E-state index contributed by atoms with van der Waals surface area (Å²) < 4.78 is 0. The number of rotatable bonds is 1. The Morgan fingerprint density at radius 1 is 1.50 bits per heavy atom. The molecule has 0 aromatic carbocycles. The zero-order valence-electron chi connectivity index (χ0n) is 7.18. The molecule has 0 bridgehead atoms. The third kappa shape index (κ3) is 1.82. The van der Waals surface area contributed by atoms with Crippen LogP contribution in [0.25, 0.3) is 0 Å². The monoisotopic (exact) mass is 187 g/mol. The van der Waals surface area contributed by atoms with Crippen molar-refractivity contribution in [2.75, 3.05) is 0 Å². The van der Waals surface area contributed by atoms with E-state index in [2.05, 4.69) is 15.2 Å². The molecule has 1 rings (SSSR count). The van der Waals surface area contributed by atoms with Gasteiger partial charge >= 0.3 is 0 Å². The Morgan fingerprint density at radius 3 is 2.33 bits per heavy atom. The molecule has 0 atom stereocenters. The van der Waals surface area contributed by atoms with Crippen LogP contribution in [-0.4, -0.2) is 20.4 Å². The number of carbonyl (C=O) groups is 1. The van der Waals surface area contributed by atoms with Crippen molar-refractivity contribution in [2.45, 2.75) is 26.2 Å². The molecule has 0 aliphatic rings. The van der Waals surface area contributed by atoms with Crippen molar-refractivity contribution in [2.24, 2.45) is 0 Å². The first kappa shape index (κ1) is 9.19. The fraction of sp³-hybridized carbons (Fsp3) is 0.571. The van der Waals surface area contributed by atoms with Crippen LogP contribution in [0.1, 0.15) is 37.2 Å². The van der Waals surface area contributed by atoms with E-state index in [0.29, 0.717) is 5.82 Å². The molecule has 66 valence electrons. The highest BCUT2D eigenvalue weighted by atomic mass is 35.5. The number of aromatic nitrogens is 3. The summed E-state index contributed by atoms with van der Waals surface area (Å²) in [5, 5.41) is 5.69. The summed E-state index contributed by atoms with van der Waals surface area (Å²) in [6, 6.07) is 0. The maximum Gasteiger partial charge on any atom is 0.291 e. The molecule has 5 heteroatoms. The average Bonchev–Trinajstić information content (AvgIpc) is 2.30. The maximum absolute atomic E-state index is 10.6. The molecule has 1 N–H and O–H groups in total. The first-order chi connectivity index (χ1) is 5.41. The highest BCUT2D eigenvalue weighted by Gasteiger charge is 2.20. The minimum atomic E-state index is -0.637. The molecule has 0 spiro atoms. The molecule has 0 saturated carbocycles. The molecule has 1 aromatic heterocycles. The quantitative estimate of drug-likeness (QED) is 0.678. The predicted molar refractivity (Wildman–Crippen MR) is 45.3 cm³/mol. The highest BCUT2D eigenvalue weighted by Crippen LogP contribution is 2.17. The summed E-state index contributed by atoms with van der Waals surface area (Å²) >= 11 is 5.18. The third-order valence-corrected chi connectivity index (χ3v) is 1.54. The van der Waals surface area contributed by atoms with Crippen LogP contribution in [-0.2, 0) is 5.41 Å². The number of hydrogen-bond donors (Lipinski definition) is 1. The summed E-state index contributed by atoms with van der Waals surface area (Å²) in [5.41, 5.74) is -0.141. The normalized spacial score (nSPS) is 11.7. The topological polar surface area (TPSA) is 58.6 Å². The molecule has 0 radical (unpaired) electrons. The van der Waals surface area contributed by atoms with Gasteiger partial charge in [-0.3, -0.25) is 9.89 Å². The van der Waals surface area contributed by atoms with Crippen molar-refractivity contribution in [3.8, 4) is 0 Å². The van der Waals surface area contributed by atoms with Gasteiger partial charge in [-0.1, -0.05) is 20.8 Å². The minimum Gasteiger partial charge on any atom is -0.272 e. The fourth-order valence-corrected chi connectivity index (χ4v) is 0.770. The van der Waals surface area contributed by atoms with Crippen LogP contribution in [0.4, 0.5) is 0 Å². The van der Waals surface area contributed by atoms with Gasteiger partial charge in [0.1, 0.15) is 5.82 Å². The van der Waals surface area contributed by atoms with Gasteiger partial charge in [0, 0.05) is 5.41 Å². The van der Waals surface area contributed by atoms with Gasteiger partial charge in [0.05, 0.1) is 0 Å². The van der Waals surface area contributed by atoms with Crippen molar-refractivity contribution in [1.82, 2.24) is 15.2 Å². The van der Waals surface area contributed by atoms with E-state index in [1.165, 1.54) is 0 Å². The zero-order chi connectivity index (χ0) is 9.35. The average molecular weight is 188 g/mol. The van der Waals surface area contributed by atoms with E-state index in [-0.39, 0.29) is 11.2 Å². The zero-order valence-corrected chi connectivity index (χ0v) is 7.94. The van der Waals surface area contributed by atoms with E-state index in [0.717, 1.165) is 0 Å². The summed E-state index contributed by atoms with van der Waals surface area (Å²) in [7, 11) is 0. The second-order valence-corrected chi connectivity index (χ2v) is 3.87. The van der Waals surface area contributed by atoms with Crippen LogP contribution in [0.2, 0.25) is 0 Å². The van der Waals surface area contributed by atoms with Gasteiger partial charge in [0.2, 0.25) is 5.82 Å². The van der Waals surface area contributed by atoms with Crippen LogP contribution < -0.4 is 0 Å². The smallest absolute Gasteiger partial charge is 0.272 e. The summed E-state index contributed by atoms with van der Waals surface area (Å²) in [4.78, 5) is 14.5. The Hall–Kier alpha value is -0.900. The number of carbonyl (C=O) groups excluding carboxylic acids is 1. The summed E-state index contributed by atoms with van der Waals surface area (Å²) in [5.74, 6) is 0.688. The number of nitrogens with one attached hydrogen (secondary N) is 1. The fourth-order valence-electron chi connectivity index (χ4n) is 0.685. The van der Waals surface area contributed by atoms with Gasteiger partial charge in [-0.25, -0.2) is 4.98 Å². The first-order valence-corrected chi connectivity index (χ1v) is 3.92. The number of H-pyrrole nitrogens is 1. The van der Waals surface area contributed by atoms with Crippen molar-refractivity contribution in [3.63, 3.8) is 0 Å². The van der Waals surface area contributed by atoms with E-state index in [9.17, 15) is 4.79 Å². The van der Waals surface area contributed by atoms with E-state index < -0.39 is 5.24 Å². The van der Waals surface area contributed by atoms with E-state index in [4.69, 9.17) is 11.6 Å². The van der Waals surface area contributed by atoms with Crippen LogP contribution in [0.3, 0.4) is 0 Å². The molecule has 0 amide bonds. The molecule has 1 aromatic rings. The lowest BCUT2D eigenvalue weighted by Gasteiger charge is -2.12. The van der Waals surface area contributed by atoms with E-state index in [1.54, 1.807) is 0 Å². The second kappa shape index (κ2) is 2.86. The Kier molecular flexibility index (Phi) is 2.19. The van der Waals surface area contributed by atoms with Gasteiger partial charge in [0.15, 0.2) is 0 Å². The molecule has 0 fully saturated rings. The standard InChI is InChI=1S/C7H10ClN3O/c1-7(2,3)6-9-5(4(8)12)10-11-6/h1-3H3,(H,9,10,11). The van der Waals surface area contributed by atoms with Gasteiger partial charge < -0.3 is 0 Å². The molecular weight excluding hydrogens is 178 g/mol. The molecule has 0 aliphatic heterocycles. The van der Waals surface area contributed by atoms with Crippen LogP contribution in [0.5, 0.6) is 0 Å². The molecular formula is C7H10ClN3O. The Labute approximate surface area is 75.3 Å². The molecule has 0 aliphatic carbocycles. The molecule has 0 unspecified atom stereocenters. The summed E-state index contributed by atoms with van der Waals surface area (Å²) in [6.07, 6.45) is 0. The van der Waals surface area contributed by atoms with Gasteiger partial charge in [0.25, 0.3) is 5.24 Å². The lowest BCUT2D eigenvalue weighted by molar-refractivity contribution is 0.107. The highest BCUT2D eigenvalue weighted by molar-refractivity contribution is 6.67. The SMILES string of the molecule is CC(C)(C)c1nc(C(=O)Cl)n[nH]1. The second-order valence-electron chi connectivity index (χ2n) is 3.53. The Morgan fingerprint density at radius 2 is 2.08 bits per heavy atom. The van der Waals surface area contributed by atoms with Crippen LogP contribution in [0, 0.1) is 0 Å². The van der Waals surface area contributed by atoms with Gasteiger partial charge in [-0.15, -0.1) is 5.10 Å². The van der Waals surface area contributed by atoms with E-state index in [1.807, 2.05) is 20.8 Å². The largest absolute Gasteiger partial charge is 0.291 e. The van der Waals surface area contributed by atoms with Crippen molar-refractivity contribution in [1.29, 1.82) is 0 Å². The summed E-state index contributed by atoms with van der Waals surface area (Å²) in [6.45, 7) is 5.90. The molecule has 0 saturated heterocycles. The third-order valence-electron chi connectivity index (χ3n) is 1.37. The number of hydrogen-bond acceptors (Lipinski definition) is 3. The van der Waals surface area contributed by atoms with Crippen molar-refractivity contribution >= 4 is 16.8 Å². The van der Waals surface area contributed by atoms with Crippen molar-refractivity contribution in [3.05, 3.63) is 11.6 Å². The van der Waals surface area contributed by atoms with Crippen LogP contribution >= 0.6 is 11.6 Å². The first-order valence-electron chi connectivity index (χ1n) is 3.54. The lowest BCUT2D eigenvalue weighted by Crippen LogP contribution is -2.13. The lowest BCUT2D eigenvalue weighted by atomic mass is 9.96. The number of aromatic amines is 1. The minimum absolute atomic E-state index is 0.0293. The molecule has 1 heterocycles. The van der Waals surface area contributed by atoms with Crippen molar-refractivity contribution < 1.29 is 4.79 Å². The number of halogens is 1. The number of nitrogens with zero attached hydrogens (tertiary/aromatic N) is 2. The Bertz CT molecular complexity index is 300. The van der Waals surface area contributed by atoms with Gasteiger partial charge in [-0.05, 0) is 11.6 Å². The molecule has 12 heavy (non-hydrogen) atoms. The van der Waals surface area contributed by atoms with Gasteiger partial charge in [-0.2, -0.15) is 0 Å². The van der Waals surface area contributed by atoms with Crippen LogP contribution in [0.15, 0.2) is 0 Å². The van der Waals surface area contributed by atoms with E-state index >= 15 is 0 Å².